The zero-order valence-corrected chi connectivity index (χ0v) is 13.3. The molecule has 0 radical (unpaired) electrons. The number of piperidine rings is 1. The van der Waals surface area contributed by atoms with Gasteiger partial charge in [-0.3, -0.25) is 4.79 Å². The van der Waals surface area contributed by atoms with E-state index in [1.165, 1.54) is 24.2 Å². The van der Waals surface area contributed by atoms with Crippen LogP contribution in [0.3, 0.4) is 0 Å². The first kappa shape index (κ1) is 14.9. The first-order valence-electron chi connectivity index (χ1n) is 7.99. The highest BCUT2D eigenvalue weighted by Crippen LogP contribution is 2.20. The van der Waals surface area contributed by atoms with Gasteiger partial charge in [0, 0.05) is 24.9 Å². The van der Waals surface area contributed by atoms with Crippen LogP contribution in [0.15, 0.2) is 30.3 Å². The number of rotatable bonds is 4. The fraction of sp³-hybridized carbons (Fsp3) is 0.588. The Morgan fingerprint density at radius 1 is 1.19 bits per heavy atom. The molecule has 0 spiro atoms. The predicted molar refractivity (Wildman–Crippen MR) is 88.4 cm³/mol. The average molecular weight is 304 g/mol. The number of likely N-dealkylation sites (tertiary alicyclic amines) is 1. The molecular formula is C17H24N2OS. The molecule has 0 bridgehead atoms. The maximum atomic E-state index is 12.7. The van der Waals surface area contributed by atoms with Crippen molar-refractivity contribution in [2.24, 2.45) is 0 Å². The van der Waals surface area contributed by atoms with E-state index in [1.807, 2.05) is 34.9 Å². The maximum Gasteiger partial charge on any atom is 0.240 e. The van der Waals surface area contributed by atoms with Crippen molar-refractivity contribution in [3.63, 3.8) is 0 Å². The maximum absolute atomic E-state index is 12.7. The average Bonchev–Trinajstić information content (AvgIpc) is 2.53. The molecule has 0 aromatic heterocycles. The van der Waals surface area contributed by atoms with Crippen molar-refractivity contribution in [2.75, 3.05) is 18.1 Å². The van der Waals surface area contributed by atoms with E-state index in [0.29, 0.717) is 11.9 Å². The molecule has 1 amide bonds. The molecule has 1 aromatic carbocycles. The Labute approximate surface area is 131 Å². The summed E-state index contributed by atoms with van der Waals surface area (Å²) in [5.74, 6) is 2.72. The van der Waals surface area contributed by atoms with Crippen molar-refractivity contribution in [1.82, 2.24) is 10.2 Å². The highest BCUT2D eigenvalue weighted by atomic mass is 32.2. The van der Waals surface area contributed by atoms with Crippen molar-refractivity contribution in [3.05, 3.63) is 35.9 Å². The van der Waals surface area contributed by atoms with Crippen molar-refractivity contribution in [1.29, 1.82) is 0 Å². The lowest BCUT2D eigenvalue weighted by molar-refractivity contribution is -0.136. The first-order valence-corrected chi connectivity index (χ1v) is 9.15. The number of amides is 1. The van der Waals surface area contributed by atoms with Gasteiger partial charge in [0.25, 0.3) is 0 Å². The van der Waals surface area contributed by atoms with Crippen LogP contribution >= 0.6 is 11.8 Å². The lowest BCUT2D eigenvalue weighted by atomic mass is 10.0. The SMILES string of the molecule is O=C1C(NC2CCCSC2)CCCN1Cc1ccccc1. The lowest BCUT2D eigenvalue weighted by Gasteiger charge is -2.35. The monoisotopic (exact) mass is 304 g/mol. The van der Waals surface area contributed by atoms with Crippen LogP contribution in [-0.2, 0) is 11.3 Å². The van der Waals surface area contributed by atoms with E-state index in [2.05, 4.69) is 17.4 Å². The Hall–Kier alpha value is -1.00. The standard InChI is InChI=1S/C17H24N2OS/c20-17-16(18-15-8-5-11-21-13-15)9-4-10-19(17)12-14-6-2-1-3-7-14/h1-3,6-7,15-16,18H,4-5,8-13H2. The Kier molecular flexibility index (Phi) is 5.20. The molecule has 2 fully saturated rings. The Morgan fingerprint density at radius 3 is 2.81 bits per heavy atom. The van der Waals surface area contributed by atoms with Crippen LogP contribution in [0.25, 0.3) is 0 Å². The summed E-state index contributed by atoms with van der Waals surface area (Å²) in [7, 11) is 0. The van der Waals surface area contributed by atoms with E-state index in [-0.39, 0.29) is 6.04 Å². The van der Waals surface area contributed by atoms with Crippen LogP contribution in [0.2, 0.25) is 0 Å². The fourth-order valence-electron chi connectivity index (χ4n) is 3.21. The first-order chi connectivity index (χ1) is 10.3. The second-order valence-electron chi connectivity index (χ2n) is 6.02. The van der Waals surface area contributed by atoms with Crippen LogP contribution < -0.4 is 5.32 Å². The molecule has 1 aromatic rings. The Balaban J connectivity index is 1.57. The largest absolute Gasteiger partial charge is 0.337 e. The van der Waals surface area contributed by atoms with Gasteiger partial charge in [-0.15, -0.1) is 0 Å². The van der Waals surface area contributed by atoms with E-state index in [0.717, 1.165) is 31.7 Å². The number of thioether (sulfide) groups is 1. The van der Waals surface area contributed by atoms with Crippen molar-refractivity contribution in [2.45, 2.75) is 44.3 Å². The molecule has 2 aliphatic heterocycles. The van der Waals surface area contributed by atoms with Gasteiger partial charge >= 0.3 is 0 Å². The molecule has 2 heterocycles. The van der Waals surface area contributed by atoms with Crippen molar-refractivity contribution < 1.29 is 4.79 Å². The van der Waals surface area contributed by atoms with Gasteiger partial charge in [-0.05, 0) is 37.0 Å². The number of hydrogen-bond acceptors (Lipinski definition) is 3. The minimum absolute atomic E-state index is 0.0335. The number of nitrogens with one attached hydrogen (secondary N) is 1. The van der Waals surface area contributed by atoms with E-state index in [4.69, 9.17) is 0 Å². The summed E-state index contributed by atoms with van der Waals surface area (Å²) >= 11 is 2.01. The van der Waals surface area contributed by atoms with Crippen LogP contribution in [0.4, 0.5) is 0 Å². The second kappa shape index (κ2) is 7.32. The predicted octanol–water partition coefficient (Wildman–Crippen LogP) is 2.66. The number of hydrogen-bond donors (Lipinski definition) is 1. The molecule has 2 saturated heterocycles. The van der Waals surface area contributed by atoms with E-state index in [1.54, 1.807) is 0 Å². The highest BCUT2D eigenvalue weighted by molar-refractivity contribution is 7.99. The zero-order chi connectivity index (χ0) is 14.5. The molecule has 3 rings (SSSR count). The van der Waals surface area contributed by atoms with Crippen LogP contribution in [0, 0.1) is 0 Å². The smallest absolute Gasteiger partial charge is 0.240 e. The zero-order valence-electron chi connectivity index (χ0n) is 12.5. The summed E-state index contributed by atoms with van der Waals surface area (Å²) in [6.45, 7) is 1.64. The number of carbonyl (C=O) groups excluding carboxylic acids is 1. The van der Waals surface area contributed by atoms with Crippen LogP contribution in [-0.4, -0.2) is 40.9 Å². The second-order valence-corrected chi connectivity index (χ2v) is 7.17. The summed E-state index contributed by atoms with van der Waals surface area (Å²) < 4.78 is 0. The van der Waals surface area contributed by atoms with E-state index >= 15 is 0 Å². The van der Waals surface area contributed by atoms with Gasteiger partial charge in [0.05, 0.1) is 6.04 Å². The molecule has 2 aliphatic rings. The number of nitrogens with zero attached hydrogens (tertiary/aromatic N) is 1. The van der Waals surface area contributed by atoms with Gasteiger partial charge in [0.1, 0.15) is 0 Å². The van der Waals surface area contributed by atoms with Crippen LogP contribution in [0.5, 0.6) is 0 Å². The molecule has 4 heteroatoms. The summed E-state index contributed by atoms with van der Waals surface area (Å²) in [5, 5.41) is 3.61. The molecule has 3 nitrogen and oxygen atoms in total. The molecule has 2 unspecified atom stereocenters. The van der Waals surface area contributed by atoms with Gasteiger partial charge in [-0.2, -0.15) is 11.8 Å². The van der Waals surface area contributed by atoms with Gasteiger partial charge < -0.3 is 10.2 Å². The summed E-state index contributed by atoms with van der Waals surface area (Å²) in [6.07, 6.45) is 4.59. The Bertz CT molecular complexity index is 459. The minimum Gasteiger partial charge on any atom is -0.337 e. The number of benzene rings is 1. The molecule has 0 saturated carbocycles. The van der Waals surface area contributed by atoms with Crippen molar-refractivity contribution >= 4 is 17.7 Å². The van der Waals surface area contributed by atoms with Crippen molar-refractivity contribution in [3.8, 4) is 0 Å². The summed E-state index contributed by atoms with van der Waals surface area (Å²) in [5.41, 5.74) is 1.22. The molecule has 1 N–H and O–H groups in total. The normalized spacial score (nSPS) is 26.9. The highest BCUT2D eigenvalue weighted by Gasteiger charge is 2.30. The molecule has 0 aliphatic carbocycles. The van der Waals surface area contributed by atoms with E-state index in [9.17, 15) is 4.79 Å². The van der Waals surface area contributed by atoms with E-state index < -0.39 is 0 Å². The third-order valence-corrected chi connectivity index (χ3v) is 5.56. The third kappa shape index (κ3) is 4.01. The quantitative estimate of drug-likeness (QED) is 0.928. The van der Waals surface area contributed by atoms with Gasteiger partial charge in [-0.25, -0.2) is 0 Å². The van der Waals surface area contributed by atoms with Gasteiger partial charge in [-0.1, -0.05) is 30.3 Å². The topological polar surface area (TPSA) is 32.3 Å². The molecule has 2 atom stereocenters. The van der Waals surface area contributed by atoms with Crippen LogP contribution in [0.1, 0.15) is 31.2 Å². The molecule has 114 valence electrons. The molecular weight excluding hydrogens is 280 g/mol. The third-order valence-electron chi connectivity index (χ3n) is 4.34. The fourth-order valence-corrected chi connectivity index (χ4v) is 4.30. The summed E-state index contributed by atoms with van der Waals surface area (Å²) in [6, 6.07) is 10.9. The van der Waals surface area contributed by atoms with Gasteiger partial charge in [0.2, 0.25) is 5.91 Å². The van der Waals surface area contributed by atoms with Gasteiger partial charge in [0.15, 0.2) is 0 Å². The molecule has 21 heavy (non-hydrogen) atoms. The lowest BCUT2D eigenvalue weighted by Crippen LogP contribution is -2.53. The summed E-state index contributed by atoms with van der Waals surface area (Å²) in [4.78, 5) is 14.7. The number of carbonyl (C=O) groups is 1. The Morgan fingerprint density at radius 2 is 2.05 bits per heavy atom. The minimum atomic E-state index is 0.0335.